The summed E-state index contributed by atoms with van der Waals surface area (Å²) >= 11 is 6.07. The molecule has 1 atom stereocenters. The Kier molecular flexibility index (Phi) is 6.02. The zero-order valence-corrected chi connectivity index (χ0v) is 16.5. The first-order chi connectivity index (χ1) is 13.4. The second-order valence-electron chi connectivity index (χ2n) is 6.76. The van der Waals surface area contributed by atoms with E-state index in [2.05, 4.69) is 5.32 Å². The fourth-order valence-corrected chi connectivity index (χ4v) is 3.34. The Hall–Kier alpha value is -2.83. The topological polar surface area (TPSA) is 84.0 Å². The number of aromatic hydroxyl groups is 1. The number of phenols is 1. The van der Waals surface area contributed by atoms with Gasteiger partial charge in [-0.15, -0.1) is 0 Å². The number of para-hydroxylation sites is 1. The van der Waals surface area contributed by atoms with Gasteiger partial charge in [-0.3, -0.25) is 4.79 Å². The number of carbonyl (C=O) groups is 1. The van der Waals surface area contributed by atoms with E-state index in [0.29, 0.717) is 29.3 Å². The Balaban J connectivity index is 1.79. The number of amides is 1. The number of hydrogen-bond donors (Lipinski definition) is 3. The molecule has 1 aromatic heterocycles. The number of quaternary nitrogens is 1. The number of carbonyl (C=O) groups excluding carboxylic acids is 1. The highest BCUT2D eigenvalue weighted by molar-refractivity contribution is 6.33. The Bertz CT molecular complexity index is 1080. The minimum Gasteiger partial charge on any atom is -0.508 e. The highest BCUT2D eigenvalue weighted by atomic mass is 35.5. The van der Waals surface area contributed by atoms with Crippen LogP contribution in [0.15, 0.2) is 51.7 Å². The third-order valence-electron chi connectivity index (χ3n) is 4.51. The summed E-state index contributed by atoms with van der Waals surface area (Å²) in [6, 6.07) is 11.8. The lowest BCUT2D eigenvalue weighted by Crippen LogP contribution is -3.08. The zero-order valence-electron chi connectivity index (χ0n) is 15.7. The Morgan fingerprint density at radius 1 is 1.21 bits per heavy atom. The molecule has 0 fully saturated rings. The SMILES string of the molecule is CCc1cc2c(C[NH+](C)CC(=O)Nc3ccccc3Cl)cc(=O)oc2cc1O. The van der Waals surface area contributed by atoms with Crippen molar-refractivity contribution in [3.63, 3.8) is 0 Å². The average molecular weight is 402 g/mol. The summed E-state index contributed by atoms with van der Waals surface area (Å²) in [6.45, 7) is 2.59. The second-order valence-corrected chi connectivity index (χ2v) is 7.17. The van der Waals surface area contributed by atoms with Crippen molar-refractivity contribution in [3.8, 4) is 5.75 Å². The molecule has 0 bridgehead atoms. The molecule has 2 aromatic carbocycles. The highest BCUT2D eigenvalue weighted by Crippen LogP contribution is 2.26. The normalized spacial score (nSPS) is 12.1. The first kappa shape index (κ1) is 19.9. The van der Waals surface area contributed by atoms with E-state index in [1.165, 1.54) is 12.1 Å². The van der Waals surface area contributed by atoms with E-state index in [1.807, 2.05) is 20.0 Å². The van der Waals surface area contributed by atoms with Gasteiger partial charge in [0.05, 0.1) is 17.8 Å². The Morgan fingerprint density at radius 3 is 2.68 bits per heavy atom. The molecular weight excluding hydrogens is 380 g/mol. The van der Waals surface area contributed by atoms with Crippen LogP contribution in [0, 0.1) is 0 Å². The van der Waals surface area contributed by atoms with Gasteiger partial charge < -0.3 is 19.7 Å². The molecule has 0 aliphatic rings. The number of rotatable bonds is 6. The van der Waals surface area contributed by atoms with Crippen LogP contribution in [0.2, 0.25) is 5.02 Å². The molecule has 1 unspecified atom stereocenters. The van der Waals surface area contributed by atoms with Gasteiger partial charge in [0.25, 0.3) is 5.91 Å². The van der Waals surface area contributed by atoms with Gasteiger partial charge in [0, 0.05) is 23.1 Å². The van der Waals surface area contributed by atoms with Gasteiger partial charge in [0.2, 0.25) is 0 Å². The number of phenolic OH excluding ortho intramolecular Hbond substituents is 1. The average Bonchev–Trinajstić information content (AvgIpc) is 2.62. The minimum atomic E-state index is -0.487. The van der Waals surface area contributed by atoms with Crippen molar-refractivity contribution in [2.75, 3.05) is 18.9 Å². The maximum Gasteiger partial charge on any atom is 0.336 e. The Morgan fingerprint density at radius 2 is 1.96 bits per heavy atom. The van der Waals surface area contributed by atoms with E-state index in [1.54, 1.807) is 24.3 Å². The fourth-order valence-electron chi connectivity index (χ4n) is 3.16. The van der Waals surface area contributed by atoms with Crippen LogP contribution in [0.5, 0.6) is 5.75 Å². The number of likely N-dealkylation sites (N-methyl/N-ethyl adjacent to an activating group) is 1. The van der Waals surface area contributed by atoms with Crippen molar-refractivity contribution in [1.29, 1.82) is 0 Å². The molecule has 0 spiro atoms. The summed E-state index contributed by atoms with van der Waals surface area (Å²) in [5, 5.41) is 14.1. The maximum absolute atomic E-state index is 12.3. The molecule has 1 heterocycles. The first-order valence-corrected chi connectivity index (χ1v) is 9.39. The number of halogens is 1. The third-order valence-corrected chi connectivity index (χ3v) is 4.84. The molecule has 0 aliphatic carbocycles. The number of anilines is 1. The van der Waals surface area contributed by atoms with Crippen molar-refractivity contribution in [1.82, 2.24) is 0 Å². The summed E-state index contributed by atoms with van der Waals surface area (Å²) in [7, 11) is 1.87. The monoisotopic (exact) mass is 401 g/mol. The van der Waals surface area contributed by atoms with Crippen molar-refractivity contribution in [3.05, 3.63) is 69.0 Å². The molecule has 6 nitrogen and oxygen atoms in total. The van der Waals surface area contributed by atoms with E-state index in [4.69, 9.17) is 16.0 Å². The van der Waals surface area contributed by atoms with Crippen molar-refractivity contribution in [2.24, 2.45) is 0 Å². The summed E-state index contributed by atoms with van der Waals surface area (Å²) in [6.07, 6.45) is 0.656. The van der Waals surface area contributed by atoms with E-state index in [9.17, 15) is 14.7 Å². The van der Waals surface area contributed by atoms with Crippen LogP contribution in [0.4, 0.5) is 5.69 Å². The van der Waals surface area contributed by atoms with Gasteiger partial charge in [-0.2, -0.15) is 0 Å². The summed E-state index contributed by atoms with van der Waals surface area (Å²) < 4.78 is 5.22. The highest BCUT2D eigenvalue weighted by Gasteiger charge is 2.16. The van der Waals surface area contributed by atoms with Crippen LogP contribution in [0.25, 0.3) is 11.0 Å². The van der Waals surface area contributed by atoms with Crippen LogP contribution in [-0.2, 0) is 17.8 Å². The summed E-state index contributed by atoms with van der Waals surface area (Å²) in [4.78, 5) is 25.1. The van der Waals surface area contributed by atoms with Gasteiger partial charge in [-0.05, 0) is 30.2 Å². The number of nitrogens with one attached hydrogen (secondary N) is 2. The lowest BCUT2D eigenvalue weighted by atomic mass is 10.0. The second kappa shape index (κ2) is 8.46. The largest absolute Gasteiger partial charge is 0.508 e. The number of aryl methyl sites for hydroxylation is 1. The fraction of sp³-hybridized carbons (Fsp3) is 0.238. The number of fused-ring (bicyclic) bond motifs is 1. The van der Waals surface area contributed by atoms with Crippen LogP contribution < -0.4 is 15.8 Å². The van der Waals surface area contributed by atoms with Gasteiger partial charge in [-0.1, -0.05) is 30.7 Å². The molecule has 1 amide bonds. The molecule has 28 heavy (non-hydrogen) atoms. The van der Waals surface area contributed by atoms with Gasteiger partial charge in [-0.25, -0.2) is 4.79 Å². The van der Waals surface area contributed by atoms with Crippen molar-refractivity contribution in [2.45, 2.75) is 19.9 Å². The molecule has 3 aromatic rings. The van der Waals surface area contributed by atoms with Gasteiger partial charge >= 0.3 is 5.63 Å². The molecule has 0 aliphatic heterocycles. The molecule has 3 N–H and O–H groups in total. The van der Waals surface area contributed by atoms with E-state index in [-0.39, 0.29) is 18.2 Å². The molecule has 3 rings (SSSR count). The quantitative estimate of drug-likeness (QED) is 0.554. The lowest BCUT2D eigenvalue weighted by Gasteiger charge is -2.15. The molecule has 146 valence electrons. The third kappa shape index (κ3) is 4.52. The van der Waals surface area contributed by atoms with Crippen molar-refractivity contribution < 1.29 is 19.2 Å². The van der Waals surface area contributed by atoms with Crippen LogP contribution in [-0.4, -0.2) is 24.6 Å². The predicted molar refractivity (Wildman–Crippen MR) is 109 cm³/mol. The summed E-state index contributed by atoms with van der Waals surface area (Å²) in [5.41, 5.74) is 1.96. The molecule has 0 saturated carbocycles. The zero-order chi connectivity index (χ0) is 20.3. The first-order valence-electron chi connectivity index (χ1n) is 9.01. The van der Waals surface area contributed by atoms with Gasteiger partial charge in [0.1, 0.15) is 17.9 Å². The van der Waals surface area contributed by atoms with Crippen LogP contribution in [0.3, 0.4) is 0 Å². The maximum atomic E-state index is 12.3. The van der Waals surface area contributed by atoms with E-state index in [0.717, 1.165) is 21.4 Å². The lowest BCUT2D eigenvalue weighted by molar-refractivity contribution is -0.885. The van der Waals surface area contributed by atoms with Crippen LogP contribution in [0.1, 0.15) is 18.1 Å². The molecule has 0 saturated heterocycles. The minimum absolute atomic E-state index is 0.107. The van der Waals surface area contributed by atoms with Crippen molar-refractivity contribution >= 4 is 34.2 Å². The molecular formula is C21H22ClN2O4+. The number of hydrogen-bond acceptors (Lipinski definition) is 4. The smallest absolute Gasteiger partial charge is 0.336 e. The van der Waals surface area contributed by atoms with Crippen LogP contribution >= 0.6 is 11.6 Å². The number of benzene rings is 2. The standard InChI is InChI=1S/C21H21ClN2O4/c1-3-13-8-15-14(9-21(27)28-19(15)10-18(13)25)11-24(2)12-20(26)23-17-7-5-4-6-16(17)22/h4-10,25H,3,11-12H2,1-2H3,(H,23,26)/p+1. The predicted octanol–water partition coefficient (Wildman–Crippen LogP) is 2.37. The molecule has 7 heteroatoms. The van der Waals surface area contributed by atoms with E-state index < -0.39 is 5.63 Å². The van der Waals surface area contributed by atoms with Gasteiger partial charge in [0.15, 0.2) is 6.54 Å². The summed E-state index contributed by atoms with van der Waals surface area (Å²) in [5.74, 6) is -0.0696. The molecule has 0 radical (unpaired) electrons. The van der Waals surface area contributed by atoms with E-state index >= 15 is 0 Å². The Labute approximate surface area is 167 Å².